The Morgan fingerprint density at radius 2 is 1.89 bits per heavy atom. The number of rotatable bonds is 4. The van der Waals surface area contributed by atoms with Crippen LogP contribution in [-0.4, -0.2) is 46.9 Å². The fourth-order valence-electron chi connectivity index (χ4n) is 3.91. The summed E-state index contributed by atoms with van der Waals surface area (Å²) in [6, 6.07) is 15.7. The van der Waals surface area contributed by atoms with Gasteiger partial charge in [-0.2, -0.15) is 0 Å². The number of likely N-dealkylation sites (tertiary alicyclic amines) is 1. The highest BCUT2D eigenvalue weighted by Crippen LogP contribution is 2.44. The van der Waals surface area contributed by atoms with Gasteiger partial charge in [0, 0.05) is 12.0 Å². The summed E-state index contributed by atoms with van der Waals surface area (Å²) < 4.78 is 0. The zero-order valence-electron chi connectivity index (χ0n) is 15.7. The molecule has 2 fully saturated rings. The molecule has 1 heterocycles. The molecule has 27 heavy (non-hydrogen) atoms. The fraction of sp³-hybridized carbons (Fsp3) is 0.364. The van der Waals surface area contributed by atoms with E-state index < -0.39 is 5.60 Å². The Morgan fingerprint density at radius 3 is 2.52 bits per heavy atom. The van der Waals surface area contributed by atoms with Gasteiger partial charge in [0.05, 0.1) is 23.9 Å². The van der Waals surface area contributed by atoms with Gasteiger partial charge in [-0.25, -0.2) is 0 Å². The van der Waals surface area contributed by atoms with Crippen LogP contribution >= 0.6 is 0 Å². The van der Waals surface area contributed by atoms with Crippen LogP contribution in [0.2, 0.25) is 0 Å². The van der Waals surface area contributed by atoms with Crippen LogP contribution < -0.4 is 0 Å². The van der Waals surface area contributed by atoms with Crippen molar-refractivity contribution >= 4 is 11.6 Å². The second kappa shape index (κ2) is 6.82. The third-order valence-corrected chi connectivity index (χ3v) is 5.61. The van der Waals surface area contributed by atoms with Crippen LogP contribution in [-0.2, 0) is 4.84 Å². The van der Waals surface area contributed by atoms with Crippen LogP contribution in [0.5, 0.6) is 0 Å². The number of oxime groups is 1. The molecule has 0 bridgehead atoms. The Hall–Kier alpha value is -2.66. The maximum atomic E-state index is 13.1. The van der Waals surface area contributed by atoms with Crippen LogP contribution in [0.25, 0.3) is 11.1 Å². The minimum Gasteiger partial charge on any atom is -0.399 e. The van der Waals surface area contributed by atoms with Gasteiger partial charge in [0.15, 0.2) is 0 Å². The van der Waals surface area contributed by atoms with Gasteiger partial charge in [0.2, 0.25) is 0 Å². The molecule has 1 N–H and O–H groups in total. The van der Waals surface area contributed by atoms with Gasteiger partial charge in [0.1, 0.15) is 7.11 Å². The quantitative estimate of drug-likeness (QED) is 0.846. The second-order valence-electron chi connectivity index (χ2n) is 7.49. The second-order valence-corrected chi connectivity index (χ2v) is 7.49. The van der Waals surface area contributed by atoms with Gasteiger partial charge in [-0.05, 0) is 48.6 Å². The van der Waals surface area contributed by atoms with Crippen molar-refractivity contribution in [1.82, 2.24) is 4.90 Å². The highest BCUT2D eigenvalue weighted by molar-refractivity contribution is 6.01. The average Bonchev–Trinajstić information content (AvgIpc) is 3.28. The summed E-state index contributed by atoms with van der Waals surface area (Å²) in [5.74, 6) is -0.0713. The lowest BCUT2D eigenvalue weighted by molar-refractivity contribution is 0.0386. The van der Waals surface area contributed by atoms with Gasteiger partial charge in [0.25, 0.3) is 5.91 Å². The van der Waals surface area contributed by atoms with Crippen LogP contribution in [0.4, 0.5) is 0 Å². The van der Waals surface area contributed by atoms with E-state index in [1.54, 1.807) is 4.90 Å². The molecule has 0 aromatic heterocycles. The Kier molecular flexibility index (Phi) is 4.48. The highest BCUT2D eigenvalue weighted by atomic mass is 16.6. The van der Waals surface area contributed by atoms with E-state index in [1.165, 1.54) is 12.7 Å². The molecule has 140 valence electrons. The molecular weight excluding hydrogens is 340 g/mol. The summed E-state index contributed by atoms with van der Waals surface area (Å²) in [7, 11) is 1.50. The standard InChI is InChI=1S/C22H24N2O3/c1-15-5-3-4-6-19(15)16-7-9-17(10-8-16)21(25)24-14-18(23-27-2)13-20(24)22(26)11-12-22/h3-10,20,26H,11-14H2,1-2H3/b23-18-. The lowest BCUT2D eigenvalue weighted by atomic mass is 9.99. The summed E-state index contributed by atoms with van der Waals surface area (Å²) >= 11 is 0. The Morgan fingerprint density at radius 1 is 1.19 bits per heavy atom. The number of hydrogen-bond donors (Lipinski definition) is 1. The molecule has 2 aromatic rings. The molecule has 1 unspecified atom stereocenters. The first-order chi connectivity index (χ1) is 13.0. The van der Waals surface area contributed by atoms with Gasteiger partial charge in [-0.1, -0.05) is 41.6 Å². The van der Waals surface area contributed by atoms with E-state index in [9.17, 15) is 9.90 Å². The van der Waals surface area contributed by atoms with E-state index in [0.29, 0.717) is 18.5 Å². The lowest BCUT2D eigenvalue weighted by Gasteiger charge is -2.28. The van der Waals surface area contributed by atoms with E-state index in [-0.39, 0.29) is 11.9 Å². The van der Waals surface area contributed by atoms with Crippen LogP contribution in [0, 0.1) is 6.92 Å². The molecule has 0 radical (unpaired) electrons. The normalized spacial score (nSPS) is 22.1. The monoisotopic (exact) mass is 364 g/mol. The molecule has 1 amide bonds. The number of aryl methyl sites for hydroxylation is 1. The van der Waals surface area contributed by atoms with Crippen molar-refractivity contribution < 1.29 is 14.7 Å². The molecule has 4 rings (SSSR count). The summed E-state index contributed by atoms with van der Waals surface area (Å²) in [4.78, 5) is 19.7. The minimum atomic E-state index is -0.776. The third kappa shape index (κ3) is 3.35. The maximum absolute atomic E-state index is 13.1. The van der Waals surface area contributed by atoms with Crippen molar-refractivity contribution in [1.29, 1.82) is 0 Å². The molecule has 1 saturated carbocycles. The topological polar surface area (TPSA) is 62.1 Å². The van der Waals surface area contributed by atoms with Gasteiger partial charge < -0.3 is 14.8 Å². The van der Waals surface area contributed by atoms with Gasteiger partial charge >= 0.3 is 0 Å². The lowest BCUT2D eigenvalue weighted by Crippen LogP contribution is -2.44. The number of amides is 1. The van der Waals surface area contributed by atoms with Crippen molar-refractivity contribution in [3.8, 4) is 11.1 Å². The SMILES string of the molecule is CO/N=C1/CC(C2(O)CC2)N(C(=O)c2ccc(-c3ccccc3C)cc2)C1. The number of carbonyl (C=O) groups excluding carboxylic acids is 1. The van der Waals surface area contributed by atoms with Crippen molar-refractivity contribution in [2.75, 3.05) is 13.7 Å². The molecule has 1 aliphatic carbocycles. The first-order valence-electron chi connectivity index (χ1n) is 9.30. The molecule has 1 atom stereocenters. The predicted octanol–water partition coefficient (Wildman–Crippen LogP) is 3.40. The Balaban J connectivity index is 1.58. The van der Waals surface area contributed by atoms with E-state index in [4.69, 9.17) is 4.84 Å². The van der Waals surface area contributed by atoms with E-state index in [1.807, 2.05) is 36.4 Å². The smallest absolute Gasteiger partial charge is 0.254 e. The molecule has 2 aromatic carbocycles. The van der Waals surface area contributed by atoms with E-state index in [0.717, 1.165) is 29.7 Å². The largest absolute Gasteiger partial charge is 0.399 e. The minimum absolute atomic E-state index is 0.0713. The summed E-state index contributed by atoms with van der Waals surface area (Å²) in [6.45, 7) is 2.48. The summed E-state index contributed by atoms with van der Waals surface area (Å²) in [5.41, 5.74) is 4.10. The molecule has 5 heteroatoms. The third-order valence-electron chi connectivity index (χ3n) is 5.61. The number of carbonyl (C=O) groups is 1. The zero-order chi connectivity index (χ0) is 19.0. The number of hydrogen-bond acceptors (Lipinski definition) is 4. The summed E-state index contributed by atoms with van der Waals surface area (Å²) in [5, 5.41) is 14.6. The van der Waals surface area contributed by atoms with Gasteiger partial charge in [-0.15, -0.1) is 0 Å². The predicted molar refractivity (Wildman–Crippen MR) is 105 cm³/mol. The number of benzene rings is 2. The fourth-order valence-corrected chi connectivity index (χ4v) is 3.91. The van der Waals surface area contributed by atoms with Crippen LogP contribution in [0.3, 0.4) is 0 Å². The maximum Gasteiger partial charge on any atom is 0.254 e. The van der Waals surface area contributed by atoms with E-state index in [2.05, 4.69) is 24.2 Å². The Labute approximate surface area is 159 Å². The molecule has 5 nitrogen and oxygen atoms in total. The number of aliphatic hydroxyl groups is 1. The molecule has 1 aliphatic heterocycles. The zero-order valence-corrected chi connectivity index (χ0v) is 15.7. The Bertz CT molecular complexity index is 885. The van der Waals surface area contributed by atoms with E-state index >= 15 is 0 Å². The first-order valence-corrected chi connectivity index (χ1v) is 9.30. The average molecular weight is 364 g/mol. The van der Waals surface area contributed by atoms with Crippen molar-refractivity contribution in [2.45, 2.75) is 37.8 Å². The van der Waals surface area contributed by atoms with Crippen LogP contribution in [0.15, 0.2) is 53.7 Å². The molecule has 1 saturated heterocycles. The van der Waals surface area contributed by atoms with Gasteiger partial charge in [-0.3, -0.25) is 4.79 Å². The van der Waals surface area contributed by atoms with Crippen molar-refractivity contribution in [3.63, 3.8) is 0 Å². The highest BCUT2D eigenvalue weighted by Gasteiger charge is 2.54. The number of nitrogens with zero attached hydrogens (tertiary/aromatic N) is 2. The van der Waals surface area contributed by atoms with Crippen molar-refractivity contribution in [2.24, 2.45) is 5.16 Å². The molecule has 2 aliphatic rings. The van der Waals surface area contributed by atoms with Crippen molar-refractivity contribution in [3.05, 3.63) is 59.7 Å². The molecular formula is C22H24N2O3. The molecule has 0 spiro atoms. The summed E-state index contributed by atoms with van der Waals surface area (Å²) in [6.07, 6.45) is 2.03. The van der Waals surface area contributed by atoms with Crippen LogP contribution in [0.1, 0.15) is 35.2 Å². The first kappa shape index (κ1) is 17.7.